The van der Waals surface area contributed by atoms with E-state index < -0.39 is 5.41 Å². The summed E-state index contributed by atoms with van der Waals surface area (Å²) in [7, 11) is 0. The van der Waals surface area contributed by atoms with E-state index in [4.69, 9.17) is 4.74 Å². The lowest BCUT2D eigenvalue weighted by Gasteiger charge is -2.39. The van der Waals surface area contributed by atoms with E-state index >= 15 is 0 Å². The number of hydrogen-bond donors (Lipinski definition) is 0. The van der Waals surface area contributed by atoms with Crippen LogP contribution in [0, 0.1) is 6.92 Å². The second-order valence-electron chi connectivity index (χ2n) is 12.2. The second-order valence-corrected chi connectivity index (χ2v) is 12.2. The first-order valence-electron chi connectivity index (χ1n) is 15.3. The Morgan fingerprint density at radius 1 is 0.500 bits per heavy atom. The summed E-state index contributed by atoms with van der Waals surface area (Å²) in [6.45, 7) is 2.14. The maximum absolute atomic E-state index is 6.88. The summed E-state index contributed by atoms with van der Waals surface area (Å²) in [4.78, 5) is 0. The minimum Gasteiger partial charge on any atom is -0.457 e. The molecule has 0 saturated carbocycles. The van der Waals surface area contributed by atoms with Crippen molar-refractivity contribution in [3.8, 4) is 28.3 Å². The van der Waals surface area contributed by atoms with E-state index in [9.17, 15) is 0 Å². The van der Waals surface area contributed by atoms with Gasteiger partial charge in [-0.2, -0.15) is 0 Å². The van der Waals surface area contributed by atoms with Crippen LogP contribution >= 0.6 is 0 Å². The largest absolute Gasteiger partial charge is 0.457 e. The van der Waals surface area contributed by atoms with Gasteiger partial charge in [0.1, 0.15) is 11.5 Å². The van der Waals surface area contributed by atoms with Gasteiger partial charge in [0.05, 0.1) is 16.4 Å². The van der Waals surface area contributed by atoms with E-state index in [2.05, 4.69) is 157 Å². The molecule has 44 heavy (non-hydrogen) atoms. The predicted octanol–water partition coefficient (Wildman–Crippen LogP) is 10.7. The average molecular weight is 562 g/mol. The highest BCUT2D eigenvalue weighted by atomic mass is 16.5. The van der Waals surface area contributed by atoms with Gasteiger partial charge in [-0.05, 0) is 58.8 Å². The maximum atomic E-state index is 6.88. The number of aryl methyl sites for hydroxylation is 1. The van der Waals surface area contributed by atoms with Crippen LogP contribution in [0.3, 0.4) is 0 Å². The lowest BCUT2D eigenvalue weighted by Crippen LogP contribution is -2.32. The molecule has 0 bridgehead atoms. The lowest BCUT2D eigenvalue weighted by molar-refractivity contribution is 0.437. The Hall–Kier alpha value is -5.60. The smallest absolute Gasteiger partial charge is 0.134 e. The summed E-state index contributed by atoms with van der Waals surface area (Å²) >= 11 is 0. The molecular formula is C42H27NO. The highest BCUT2D eigenvalue weighted by Gasteiger charge is 2.51. The van der Waals surface area contributed by atoms with Crippen molar-refractivity contribution in [2.75, 3.05) is 0 Å². The number of aromatic nitrogens is 1. The molecular weight excluding hydrogens is 534 g/mol. The van der Waals surface area contributed by atoms with Crippen molar-refractivity contribution in [2.24, 2.45) is 0 Å². The SMILES string of the molecule is Cc1ccc(-n2c3cc4c(cc3c3ccc5ccccc5c32)C2(c3ccccc3O4)c3ccccc3-c3ccccc32)cc1. The van der Waals surface area contributed by atoms with Gasteiger partial charge in [-0.25, -0.2) is 0 Å². The van der Waals surface area contributed by atoms with Gasteiger partial charge in [0.2, 0.25) is 0 Å². The van der Waals surface area contributed by atoms with Crippen molar-refractivity contribution >= 4 is 32.6 Å². The summed E-state index contributed by atoms with van der Waals surface area (Å²) in [6, 6.07) is 53.3. The van der Waals surface area contributed by atoms with E-state index in [0.717, 1.165) is 22.7 Å². The molecule has 2 nitrogen and oxygen atoms in total. The molecule has 0 unspecified atom stereocenters. The minimum atomic E-state index is -0.485. The first-order chi connectivity index (χ1) is 21.7. The van der Waals surface area contributed by atoms with E-state index in [-0.39, 0.29) is 0 Å². The van der Waals surface area contributed by atoms with Crippen LogP contribution in [0.5, 0.6) is 11.5 Å². The number of para-hydroxylation sites is 1. The average Bonchev–Trinajstić information content (AvgIpc) is 3.55. The van der Waals surface area contributed by atoms with E-state index in [0.29, 0.717) is 0 Å². The number of fused-ring (bicyclic) bond motifs is 14. The standard InChI is InChI=1S/C42H27NO/c1-26-18-21-28(22-19-26)43-38-25-40-37(24-33(38)32-23-20-27-10-2-3-11-29(27)41(32)43)42(36-16-8-9-17-39(36)44-40)34-14-6-4-12-30(34)31-13-5-7-15-35(31)42/h2-25H,1H3. The molecule has 206 valence electrons. The third-order valence-corrected chi connectivity index (χ3v) is 9.91. The molecule has 2 aliphatic rings. The first kappa shape index (κ1) is 23.9. The van der Waals surface area contributed by atoms with Crippen molar-refractivity contribution in [1.29, 1.82) is 0 Å². The summed E-state index contributed by atoms with van der Waals surface area (Å²) in [6.07, 6.45) is 0. The molecule has 0 N–H and O–H groups in total. The van der Waals surface area contributed by atoms with E-state index in [1.807, 2.05) is 0 Å². The van der Waals surface area contributed by atoms with Gasteiger partial charge in [-0.3, -0.25) is 0 Å². The van der Waals surface area contributed by atoms with Crippen molar-refractivity contribution in [1.82, 2.24) is 4.57 Å². The minimum absolute atomic E-state index is 0.485. The molecule has 10 rings (SSSR count). The van der Waals surface area contributed by atoms with Crippen molar-refractivity contribution < 1.29 is 4.74 Å². The van der Waals surface area contributed by atoms with Gasteiger partial charge in [0, 0.05) is 39.0 Å². The molecule has 1 aliphatic carbocycles. The predicted molar refractivity (Wildman–Crippen MR) is 180 cm³/mol. The van der Waals surface area contributed by atoms with Crippen molar-refractivity contribution in [3.63, 3.8) is 0 Å². The number of nitrogens with zero attached hydrogens (tertiary/aromatic N) is 1. The third-order valence-electron chi connectivity index (χ3n) is 9.91. The van der Waals surface area contributed by atoms with Gasteiger partial charge >= 0.3 is 0 Å². The zero-order valence-corrected chi connectivity index (χ0v) is 24.2. The Morgan fingerprint density at radius 3 is 1.93 bits per heavy atom. The van der Waals surface area contributed by atoms with E-state index in [1.54, 1.807) is 0 Å². The molecule has 1 spiro atoms. The quantitative estimate of drug-likeness (QED) is 0.194. The Balaban J connectivity index is 1.40. The molecule has 2 heteroatoms. The summed E-state index contributed by atoms with van der Waals surface area (Å²) in [5.41, 5.74) is 11.9. The van der Waals surface area contributed by atoms with Gasteiger partial charge in [0.25, 0.3) is 0 Å². The van der Waals surface area contributed by atoms with Crippen LogP contribution in [0.2, 0.25) is 0 Å². The van der Waals surface area contributed by atoms with E-state index in [1.165, 1.54) is 66.0 Å². The fourth-order valence-corrected chi connectivity index (χ4v) is 8.09. The number of rotatable bonds is 1. The molecule has 7 aromatic carbocycles. The van der Waals surface area contributed by atoms with Crippen LogP contribution < -0.4 is 4.74 Å². The normalized spacial score (nSPS) is 13.9. The van der Waals surface area contributed by atoms with Crippen LogP contribution in [0.4, 0.5) is 0 Å². The molecule has 0 saturated heterocycles. The van der Waals surface area contributed by atoms with Crippen LogP contribution in [0.25, 0.3) is 49.4 Å². The van der Waals surface area contributed by atoms with Gasteiger partial charge in [0.15, 0.2) is 0 Å². The molecule has 0 radical (unpaired) electrons. The molecule has 0 amide bonds. The summed E-state index contributed by atoms with van der Waals surface area (Å²) in [5.74, 6) is 1.82. The van der Waals surface area contributed by atoms with Crippen LogP contribution in [0.15, 0.2) is 146 Å². The van der Waals surface area contributed by atoms with Crippen LogP contribution in [0.1, 0.15) is 27.8 Å². The highest BCUT2D eigenvalue weighted by molar-refractivity contribution is 6.19. The summed E-state index contributed by atoms with van der Waals surface area (Å²) in [5, 5.41) is 4.96. The van der Waals surface area contributed by atoms with Crippen molar-refractivity contribution in [2.45, 2.75) is 12.3 Å². The number of benzene rings is 7. The second kappa shape index (κ2) is 8.49. The zero-order valence-electron chi connectivity index (χ0n) is 24.2. The first-order valence-corrected chi connectivity index (χ1v) is 15.3. The van der Waals surface area contributed by atoms with Crippen LogP contribution in [-0.2, 0) is 5.41 Å². The Bertz CT molecular complexity index is 2430. The molecule has 8 aromatic rings. The highest BCUT2D eigenvalue weighted by Crippen LogP contribution is 2.62. The molecule has 1 aromatic heterocycles. The van der Waals surface area contributed by atoms with Crippen LogP contribution in [-0.4, -0.2) is 4.57 Å². The maximum Gasteiger partial charge on any atom is 0.134 e. The Kier molecular flexibility index (Phi) is 4.61. The number of ether oxygens (including phenoxy) is 1. The summed E-state index contributed by atoms with van der Waals surface area (Å²) < 4.78 is 9.31. The molecule has 0 atom stereocenters. The fourth-order valence-electron chi connectivity index (χ4n) is 8.09. The monoisotopic (exact) mass is 561 g/mol. The zero-order chi connectivity index (χ0) is 29.0. The molecule has 2 heterocycles. The fraction of sp³-hybridized carbons (Fsp3) is 0.0476. The van der Waals surface area contributed by atoms with Gasteiger partial charge < -0.3 is 9.30 Å². The lowest BCUT2D eigenvalue weighted by atomic mass is 9.66. The molecule has 0 fully saturated rings. The number of hydrogen-bond acceptors (Lipinski definition) is 1. The molecule has 1 aliphatic heterocycles. The van der Waals surface area contributed by atoms with Gasteiger partial charge in [-0.15, -0.1) is 0 Å². The van der Waals surface area contributed by atoms with Crippen molar-refractivity contribution in [3.05, 3.63) is 173 Å². The topological polar surface area (TPSA) is 14.2 Å². The Morgan fingerprint density at radius 2 is 1.16 bits per heavy atom. The Labute approximate surface area is 255 Å². The third kappa shape index (κ3) is 2.90. The van der Waals surface area contributed by atoms with Gasteiger partial charge in [-0.1, -0.05) is 121 Å².